The highest BCUT2D eigenvalue weighted by Gasteiger charge is 2.14. The SMILES string of the molecule is CCNC(Cc1ccccc1F)Cc1nccn1C. The van der Waals surface area contributed by atoms with Crippen molar-refractivity contribution in [2.75, 3.05) is 6.54 Å². The first-order valence-corrected chi connectivity index (χ1v) is 6.63. The Hall–Kier alpha value is -1.68. The second-order valence-corrected chi connectivity index (χ2v) is 4.71. The van der Waals surface area contributed by atoms with Crippen LogP contribution in [0.15, 0.2) is 36.7 Å². The molecule has 1 aromatic carbocycles. The summed E-state index contributed by atoms with van der Waals surface area (Å²) >= 11 is 0. The lowest BCUT2D eigenvalue weighted by atomic mass is 10.0. The van der Waals surface area contributed by atoms with E-state index in [4.69, 9.17) is 0 Å². The predicted octanol–water partition coefficient (Wildman–Crippen LogP) is 2.32. The molecule has 0 saturated carbocycles. The highest BCUT2D eigenvalue weighted by Crippen LogP contribution is 2.11. The molecule has 1 aromatic heterocycles. The Bertz CT molecular complexity index is 522. The molecule has 1 N–H and O–H groups in total. The highest BCUT2D eigenvalue weighted by atomic mass is 19.1. The van der Waals surface area contributed by atoms with Crippen molar-refractivity contribution in [1.82, 2.24) is 14.9 Å². The van der Waals surface area contributed by atoms with Crippen molar-refractivity contribution in [3.8, 4) is 0 Å². The van der Waals surface area contributed by atoms with E-state index < -0.39 is 0 Å². The summed E-state index contributed by atoms with van der Waals surface area (Å²) in [5.74, 6) is 0.882. The minimum Gasteiger partial charge on any atom is -0.338 e. The van der Waals surface area contributed by atoms with E-state index in [0.717, 1.165) is 24.4 Å². The van der Waals surface area contributed by atoms with Gasteiger partial charge in [-0.3, -0.25) is 0 Å². The fraction of sp³-hybridized carbons (Fsp3) is 0.400. The van der Waals surface area contributed by atoms with Gasteiger partial charge in [-0.25, -0.2) is 9.37 Å². The maximum absolute atomic E-state index is 13.7. The van der Waals surface area contributed by atoms with Gasteiger partial charge in [-0.1, -0.05) is 25.1 Å². The molecule has 0 spiro atoms. The molecule has 1 heterocycles. The van der Waals surface area contributed by atoms with Gasteiger partial charge in [0, 0.05) is 31.9 Å². The number of hydrogen-bond acceptors (Lipinski definition) is 2. The summed E-state index contributed by atoms with van der Waals surface area (Å²) in [6.45, 7) is 2.93. The zero-order chi connectivity index (χ0) is 13.7. The lowest BCUT2D eigenvalue weighted by Gasteiger charge is -2.18. The summed E-state index contributed by atoms with van der Waals surface area (Å²) in [4.78, 5) is 4.33. The zero-order valence-corrected chi connectivity index (χ0v) is 11.4. The summed E-state index contributed by atoms with van der Waals surface area (Å²) in [5.41, 5.74) is 0.752. The van der Waals surface area contributed by atoms with Gasteiger partial charge in [0.15, 0.2) is 0 Å². The first-order valence-electron chi connectivity index (χ1n) is 6.63. The summed E-state index contributed by atoms with van der Waals surface area (Å²) in [6, 6.07) is 7.15. The number of hydrogen-bond donors (Lipinski definition) is 1. The molecule has 2 rings (SSSR count). The van der Waals surface area contributed by atoms with E-state index in [1.54, 1.807) is 12.3 Å². The second-order valence-electron chi connectivity index (χ2n) is 4.71. The Kier molecular flexibility index (Phi) is 4.68. The molecule has 0 amide bonds. The molecule has 0 aliphatic rings. The van der Waals surface area contributed by atoms with Crippen LogP contribution in [0, 0.1) is 5.82 Å². The lowest BCUT2D eigenvalue weighted by molar-refractivity contribution is 0.491. The summed E-state index contributed by atoms with van der Waals surface area (Å²) in [5, 5.41) is 3.40. The fourth-order valence-corrected chi connectivity index (χ4v) is 2.25. The molecule has 19 heavy (non-hydrogen) atoms. The van der Waals surface area contributed by atoms with Gasteiger partial charge in [0.1, 0.15) is 11.6 Å². The van der Waals surface area contributed by atoms with Crippen LogP contribution in [0.1, 0.15) is 18.3 Å². The average Bonchev–Trinajstić information content (AvgIpc) is 2.78. The normalized spacial score (nSPS) is 12.6. The number of nitrogens with one attached hydrogen (secondary N) is 1. The third-order valence-corrected chi connectivity index (χ3v) is 3.27. The molecule has 2 aromatic rings. The van der Waals surface area contributed by atoms with Crippen LogP contribution < -0.4 is 5.32 Å². The second kappa shape index (κ2) is 6.48. The largest absolute Gasteiger partial charge is 0.338 e. The maximum Gasteiger partial charge on any atom is 0.126 e. The van der Waals surface area contributed by atoms with Gasteiger partial charge >= 0.3 is 0 Å². The molecular weight excluding hydrogens is 241 g/mol. The predicted molar refractivity (Wildman–Crippen MR) is 74.5 cm³/mol. The van der Waals surface area contributed by atoms with Gasteiger partial charge in [-0.2, -0.15) is 0 Å². The Morgan fingerprint density at radius 3 is 2.74 bits per heavy atom. The Balaban J connectivity index is 2.08. The standard InChI is InChI=1S/C15H20FN3/c1-3-17-13(11-15-18-8-9-19(15)2)10-12-6-4-5-7-14(12)16/h4-9,13,17H,3,10-11H2,1-2H3. The van der Waals surface area contributed by atoms with Gasteiger partial charge in [0.2, 0.25) is 0 Å². The van der Waals surface area contributed by atoms with Crippen molar-refractivity contribution in [2.24, 2.45) is 7.05 Å². The topological polar surface area (TPSA) is 29.9 Å². The smallest absolute Gasteiger partial charge is 0.126 e. The van der Waals surface area contributed by atoms with E-state index in [1.165, 1.54) is 6.07 Å². The van der Waals surface area contributed by atoms with Gasteiger partial charge in [0.05, 0.1) is 0 Å². The van der Waals surface area contributed by atoms with Crippen LogP contribution in [-0.4, -0.2) is 22.1 Å². The number of halogens is 1. The van der Waals surface area contributed by atoms with Crippen molar-refractivity contribution in [3.63, 3.8) is 0 Å². The molecule has 0 radical (unpaired) electrons. The Morgan fingerprint density at radius 2 is 2.11 bits per heavy atom. The molecule has 0 saturated heterocycles. The minimum atomic E-state index is -0.134. The van der Waals surface area contributed by atoms with Crippen LogP contribution in [0.25, 0.3) is 0 Å². The highest BCUT2D eigenvalue weighted by molar-refractivity contribution is 5.18. The Morgan fingerprint density at radius 1 is 1.32 bits per heavy atom. The van der Waals surface area contributed by atoms with Crippen LogP contribution >= 0.6 is 0 Å². The van der Waals surface area contributed by atoms with Gasteiger partial charge in [-0.05, 0) is 24.6 Å². The number of aryl methyl sites for hydroxylation is 1. The van der Waals surface area contributed by atoms with Gasteiger partial charge in [0.25, 0.3) is 0 Å². The number of nitrogens with zero attached hydrogens (tertiary/aromatic N) is 2. The third-order valence-electron chi connectivity index (χ3n) is 3.27. The van der Waals surface area contributed by atoms with Crippen molar-refractivity contribution in [2.45, 2.75) is 25.8 Å². The molecule has 0 fully saturated rings. The molecule has 1 unspecified atom stereocenters. The lowest BCUT2D eigenvalue weighted by Crippen LogP contribution is -2.34. The molecule has 0 bridgehead atoms. The van der Waals surface area contributed by atoms with E-state index in [1.807, 2.05) is 29.9 Å². The van der Waals surface area contributed by atoms with Crippen LogP contribution in [0.5, 0.6) is 0 Å². The fourth-order valence-electron chi connectivity index (χ4n) is 2.25. The molecular formula is C15H20FN3. The molecule has 3 nitrogen and oxygen atoms in total. The van der Waals surface area contributed by atoms with Crippen LogP contribution in [0.3, 0.4) is 0 Å². The van der Waals surface area contributed by atoms with Crippen LogP contribution in [0.4, 0.5) is 4.39 Å². The molecule has 102 valence electrons. The van der Waals surface area contributed by atoms with E-state index in [9.17, 15) is 4.39 Å². The summed E-state index contributed by atoms with van der Waals surface area (Å²) < 4.78 is 15.7. The number of aromatic nitrogens is 2. The van der Waals surface area contributed by atoms with Crippen molar-refractivity contribution in [1.29, 1.82) is 0 Å². The van der Waals surface area contributed by atoms with Crippen molar-refractivity contribution >= 4 is 0 Å². The van der Waals surface area contributed by atoms with Crippen LogP contribution in [-0.2, 0) is 19.9 Å². The number of benzene rings is 1. The summed E-state index contributed by atoms with van der Waals surface area (Å²) in [6.07, 6.45) is 5.20. The van der Waals surface area contributed by atoms with E-state index in [2.05, 4.69) is 17.2 Å². The Labute approximate surface area is 113 Å². The van der Waals surface area contributed by atoms with Gasteiger partial charge < -0.3 is 9.88 Å². The van der Waals surface area contributed by atoms with Crippen molar-refractivity contribution in [3.05, 3.63) is 53.9 Å². The zero-order valence-electron chi connectivity index (χ0n) is 11.4. The molecule has 1 atom stereocenters. The molecule has 0 aliphatic carbocycles. The maximum atomic E-state index is 13.7. The average molecular weight is 261 g/mol. The number of rotatable bonds is 6. The minimum absolute atomic E-state index is 0.134. The monoisotopic (exact) mass is 261 g/mol. The molecule has 4 heteroatoms. The first kappa shape index (κ1) is 13.7. The first-order chi connectivity index (χ1) is 9.20. The van der Waals surface area contributed by atoms with Gasteiger partial charge in [-0.15, -0.1) is 0 Å². The van der Waals surface area contributed by atoms with Crippen molar-refractivity contribution < 1.29 is 4.39 Å². The third kappa shape index (κ3) is 3.64. The quantitative estimate of drug-likeness (QED) is 0.865. The van der Waals surface area contributed by atoms with E-state index >= 15 is 0 Å². The number of imidazole rings is 1. The summed E-state index contributed by atoms with van der Waals surface area (Å²) in [7, 11) is 1.98. The van der Waals surface area contributed by atoms with E-state index in [0.29, 0.717) is 6.42 Å². The van der Waals surface area contributed by atoms with E-state index in [-0.39, 0.29) is 11.9 Å². The molecule has 0 aliphatic heterocycles. The van der Waals surface area contributed by atoms with Crippen LogP contribution in [0.2, 0.25) is 0 Å². The number of likely N-dealkylation sites (N-methyl/N-ethyl adjacent to an activating group) is 1.